The van der Waals surface area contributed by atoms with Gasteiger partial charge in [-0.05, 0) is 54.4 Å². The second kappa shape index (κ2) is 7.86. The van der Waals surface area contributed by atoms with Crippen LogP contribution in [0.4, 0.5) is 11.4 Å². The number of nitrogens with zero attached hydrogens (tertiary/aromatic N) is 1. The molecule has 0 saturated heterocycles. The maximum absolute atomic E-state index is 11.6. The molecule has 1 aliphatic rings. The standard InChI is InChI=1S/C22H20N2O3S/c1-26-16-9-7-15(8-10-16)23-28-21-12-11-20(27-2)18-13-24(14-25)19-6-4-3-5-17(19)22(18)21/h3-12,14,23H,13H2,1-2H3. The summed E-state index contributed by atoms with van der Waals surface area (Å²) in [6.07, 6.45) is 0.872. The van der Waals surface area contributed by atoms with Crippen LogP contribution in [-0.2, 0) is 11.3 Å². The first-order valence-electron chi connectivity index (χ1n) is 8.83. The number of methoxy groups -OCH3 is 2. The summed E-state index contributed by atoms with van der Waals surface area (Å²) in [5.41, 5.74) is 5.02. The molecule has 28 heavy (non-hydrogen) atoms. The van der Waals surface area contributed by atoms with Crippen molar-refractivity contribution < 1.29 is 14.3 Å². The van der Waals surface area contributed by atoms with Crippen molar-refractivity contribution in [3.8, 4) is 22.6 Å². The minimum absolute atomic E-state index is 0.482. The number of fused-ring (bicyclic) bond motifs is 3. The van der Waals surface area contributed by atoms with Crippen molar-refractivity contribution in [3.63, 3.8) is 0 Å². The summed E-state index contributed by atoms with van der Waals surface area (Å²) in [4.78, 5) is 14.4. The number of rotatable bonds is 6. The number of nitrogens with one attached hydrogen (secondary N) is 1. The minimum atomic E-state index is 0.482. The van der Waals surface area contributed by atoms with E-state index in [1.165, 1.54) is 11.9 Å². The highest BCUT2D eigenvalue weighted by Crippen LogP contribution is 2.46. The van der Waals surface area contributed by atoms with Crippen molar-refractivity contribution >= 4 is 29.7 Å². The molecule has 0 atom stereocenters. The van der Waals surface area contributed by atoms with Crippen LogP contribution >= 0.6 is 11.9 Å². The van der Waals surface area contributed by atoms with Crippen LogP contribution in [0.5, 0.6) is 11.5 Å². The molecule has 6 heteroatoms. The molecule has 4 rings (SSSR count). The van der Waals surface area contributed by atoms with E-state index in [0.29, 0.717) is 6.54 Å². The molecule has 1 N–H and O–H groups in total. The summed E-state index contributed by atoms with van der Waals surface area (Å²) in [5.74, 6) is 1.60. The quantitative estimate of drug-likeness (QED) is 0.474. The maximum atomic E-state index is 11.6. The Balaban J connectivity index is 1.73. The number of para-hydroxylation sites is 1. The fourth-order valence-electron chi connectivity index (χ4n) is 3.39. The van der Waals surface area contributed by atoms with E-state index in [4.69, 9.17) is 9.47 Å². The molecule has 0 saturated carbocycles. The summed E-state index contributed by atoms with van der Waals surface area (Å²) in [6, 6.07) is 19.7. The number of hydrogen-bond donors (Lipinski definition) is 1. The predicted molar refractivity (Wildman–Crippen MR) is 113 cm³/mol. The van der Waals surface area contributed by atoms with Gasteiger partial charge in [-0.15, -0.1) is 0 Å². The maximum Gasteiger partial charge on any atom is 0.214 e. The average molecular weight is 392 g/mol. The number of carbonyl (C=O) groups is 1. The highest BCUT2D eigenvalue weighted by Gasteiger charge is 2.27. The zero-order chi connectivity index (χ0) is 19.5. The zero-order valence-electron chi connectivity index (χ0n) is 15.6. The Morgan fingerprint density at radius 2 is 1.79 bits per heavy atom. The van der Waals surface area contributed by atoms with E-state index in [2.05, 4.69) is 4.72 Å². The molecule has 0 spiro atoms. The van der Waals surface area contributed by atoms with Crippen LogP contribution in [0.15, 0.2) is 65.6 Å². The Kier molecular flexibility index (Phi) is 5.12. The summed E-state index contributed by atoms with van der Waals surface area (Å²) >= 11 is 1.54. The smallest absolute Gasteiger partial charge is 0.214 e. The molecule has 3 aromatic rings. The molecule has 142 valence electrons. The van der Waals surface area contributed by atoms with E-state index in [-0.39, 0.29) is 0 Å². The van der Waals surface area contributed by atoms with Gasteiger partial charge in [0.2, 0.25) is 6.41 Å². The average Bonchev–Trinajstić information content (AvgIpc) is 2.77. The molecule has 0 aromatic heterocycles. The monoisotopic (exact) mass is 392 g/mol. The molecule has 0 unspecified atom stereocenters. The van der Waals surface area contributed by atoms with E-state index in [1.54, 1.807) is 19.1 Å². The van der Waals surface area contributed by atoms with Crippen LogP contribution < -0.4 is 19.1 Å². The lowest BCUT2D eigenvalue weighted by atomic mass is 9.93. The number of benzene rings is 3. The van der Waals surface area contributed by atoms with Crippen molar-refractivity contribution in [2.24, 2.45) is 0 Å². The van der Waals surface area contributed by atoms with Crippen molar-refractivity contribution in [1.29, 1.82) is 0 Å². The van der Waals surface area contributed by atoms with Crippen LogP contribution in [0.2, 0.25) is 0 Å². The molecule has 0 aliphatic carbocycles. The molecule has 0 fully saturated rings. The SMILES string of the molecule is COc1ccc(NSc2ccc(OC)c3c2-c2ccccc2N(C=O)C3)cc1. The minimum Gasteiger partial charge on any atom is -0.497 e. The number of carbonyl (C=O) groups excluding carboxylic acids is 1. The Bertz CT molecular complexity index is 1010. The first-order valence-corrected chi connectivity index (χ1v) is 9.65. The van der Waals surface area contributed by atoms with Gasteiger partial charge < -0.3 is 19.1 Å². The van der Waals surface area contributed by atoms with Gasteiger partial charge in [0.15, 0.2) is 0 Å². The number of ether oxygens (including phenoxy) is 2. The predicted octanol–water partition coefficient (Wildman–Crippen LogP) is 4.97. The highest BCUT2D eigenvalue weighted by molar-refractivity contribution is 8.00. The number of anilines is 2. The van der Waals surface area contributed by atoms with Crippen molar-refractivity contribution in [3.05, 3.63) is 66.2 Å². The molecule has 0 radical (unpaired) electrons. The van der Waals surface area contributed by atoms with Gasteiger partial charge in [0.05, 0.1) is 26.5 Å². The summed E-state index contributed by atoms with van der Waals surface area (Å²) < 4.78 is 14.2. The normalized spacial score (nSPS) is 12.0. The molecule has 3 aromatic carbocycles. The van der Waals surface area contributed by atoms with Crippen molar-refractivity contribution in [2.75, 3.05) is 23.8 Å². The van der Waals surface area contributed by atoms with E-state index >= 15 is 0 Å². The topological polar surface area (TPSA) is 50.8 Å². The fraction of sp³-hybridized carbons (Fsp3) is 0.136. The molecule has 1 amide bonds. The first-order chi connectivity index (χ1) is 13.7. The van der Waals surface area contributed by atoms with Gasteiger partial charge in [0.1, 0.15) is 11.5 Å². The highest BCUT2D eigenvalue weighted by atomic mass is 32.2. The van der Waals surface area contributed by atoms with Gasteiger partial charge in [-0.3, -0.25) is 4.79 Å². The third-order valence-corrected chi connectivity index (χ3v) is 5.66. The Morgan fingerprint density at radius 3 is 2.50 bits per heavy atom. The third kappa shape index (κ3) is 3.27. The summed E-state index contributed by atoms with van der Waals surface area (Å²) in [5, 5.41) is 0. The largest absolute Gasteiger partial charge is 0.497 e. The van der Waals surface area contributed by atoms with E-state index in [0.717, 1.165) is 50.9 Å². The summed E-state index contributed by atoms with van der Waals surface area (Å²) in [7, 11) is 3.31. The van der Waals surface area contributed by atoms with Crippen molar-refractivity contribution in [1.82, 2.24) is 0 Å². The van der Waals surface area contributed by atoms with Gasteiger partial charge in [-0.1, -0.05) is 18.2 Å². The van der Waals surface area contributed by atoms with Crippen LogP contribution in [0.1, 0.15) is 5.56 Å². The lowest BCUT2D eigenvalue weighted by Crippen LogP contribution is -2.25. The zero-order valence-corrected chi connectivity index (χ0v) is 16.5. The van der Waals surface area contributed by atoms with E-state index in [9.17, 15) is 4.79 Å². The molecule has 1 heterocycles. The van der Waals surface area contributed by atoms with Gasteiger partial charge >= 0.3 is 0 Å². The molecule has 1 aliphatic heterocycles. The van der Waals surface area contributed by atoms with Crippen LogP contribution in [0.25, 0.3) is 11.1 Å². The Hall–Kier alpha value is -3.12. The fourth-order valence-corrected chi connectivity index (χ4v) is 4.23. The van der Waals surface area contributed by atoms with E-state index in [1.807, 2.05) is 60.7 Å². The Morgan fingerprint density at radius 1 is 1.00 bits per heavy atom. The molecular weight excluding hydrogens is 372 g/mol. The molecule has 5 nitrogen and oxygen atoms in total. The number of amides is 1. The second-order valence-electron chi connectivity index (χ2n) is 6.30. The lowest BCUT2D eigenvalue weighted by molar-refractivity contribution is -0.107. The van der Waals surface area contributed by atoms with Gasteiger partial charge in [0, 0.05) is 27.3 Å². The Labute approximate surface area is 168 Å². The van der Waals surface area contributed by atoms with Crippen molar-refractivity contribution in [2.45, 2.75) is 11.4 Å². The number of hydrogen-bond acceptors (Lipinski definition) is 5. The third-order valence-electron chi connectivity index (χ3n) is 4.76. The van der Waals surface area contributed by atoms with E-state index < -0.39 is 0 Å². The molecular formula is C22H20N2O3S. The van der Waals surface area contributed by atoms with Gasteiger partial charge in [0.25, 0.3) is 0 Å². The lowest BCUT2D eigenvalue weighted by Gasteiger charge is -2.30. The first kappa shape index (κ1) is 18.3. The molecule has 0 bridgehead atoms. The van der Waals surface area contributed by atoms with Crippen LogP contribution in [-0.4, -0.2) is 20.6 Å². The van der Waals surface area contributed by atoms with Gasteiger partial charge in [-0.25, -0.2) is 0 Å². The second-order valence-corrected chi connectivity index (χ2v) is 7.15. The van der Waals surface area contributed by atoms with Crippen LogP contribution in [0, 0.1) is 0 Å². The van der Waals surface area contributed by atoms with Gasteiger partial charge in [-0.2, -0.15) is 0 Å². The van der Waals surface area contributed by atoms with Crippen LogP contribution in [0.3, 0.4) is 0 Å². The summed E-state index contributed by atoms with van der Waals surface area (Å²) in [6.45, 7) is 0.482.